The van der Waals surface area contributed by atoms with Crippen molar-refractivity contribution in [3.05, 3.63) is 54.1 Å². The first-order valence-corrected chi connectivity index (χ1v) is 8.53. The van der Waals surface area contributed by atoms with Crippen molar-refractivity contribution in [2.24, 2.45) is 0 Å². The molecule has 0 heterocycles. The van der Waals surface area contributed by atoms with Gasteiger partial charge in [-0.2, -0.15) is 0 Å². The third-order valence-corrected chi connectivity index (χ3v) is 3.87. The van der Waals surface area contributed by atoms with Gasteiger partial charge in [-0.15, -0.1) is 0 Å². The fourth-order valence-corrected chi connectivity index (χ4v) is 2.53. The second kappa shape index (κ2) is 8.80. The molecule has 0 radical (unpaired) electrons. The normalized spacial score (nSPS) is 10.2. The molecule has 2 aromatic carbocycles. The number of benzene rings is 2. The van der Waals surface area contributed by atoms with Crippen LogP contribution in [0.25, 0.3) is 0 Å². The Morgan fingerprint density at radius 2 is 1.77 bits per heavy atom. The molecule has 0 saturated carbocycles. The zero-order chi connectivity index (χ0) is 19.1. The number of carbonyl (C=O) groups excluding carboxylic acids is 3. The van der Waals surface area contributed by atoms with Crippen LogP contribution >= 0.6 is 0 Å². The number of nitrogens with zero attached hydrogens (tertiary/aromatic N) is 1. The lowest BCUT2D eigenvalue weighted by atomic mass is 10.1. The minimum atomic E-state index is -0.960. The minimum absolute atomic E-state index is 0.257. The molecule has 2 aromatic rings. The highest BCUT2D eigenvalue weighted by molar-refractivity contribution is 6.48. The van der Waals surface area contributed by atoms with Crippen molar-refractivity contribution >= 4 is 34.8 Å². The molecule has 2 rings (SSSR count). The van der Waals surface area contributed by atoms with Gasteiger partial charge in [-0.1, -0.05) is 31.5 Å². The molecule has 0 aromatic heterocycles. The maximum atomic E-state index is 12.5. The van der Waals surface area contributed by atoms with E-state index in [1.807, 2.05) is 12.1 Å². The Balaban J connectivity index is 2.11. The van der Waals surface area contributed by atoms with E-state index >= 15 is 0 Å². The van der Waals surface area contributed by atoms with Crippen LogP contribution in [0, 0.1) is 0 Å². The van der Waals surface area contributed by atoms with E-state index in [0.717, 1.165) is 24.2 Å². The maximum absolute atomic E-state index is 12.5. The van der Waals surface area contributed by atoms with Crippen LogP contribution in [0.2, 0.25) is 0 Å². The van der Waals surface area contributed by atoms with Crippen molar-refractivity contribution in [2.75, 3.05) is 16.0 Å². The van der Waals surface area contributed by atoms with E-state index in [1.165, 1.54) is 18.6 Å². The van der Waals surface area contributed by atoms with Gasteiger partial charge in [-0.05, 0) is 48.7 Å². The highest BCUT2D eigenvalue weighted by Gasteiger charge is 2.27. The lowest BCUT2D eigenvalue weighted by molar-refractivity contribution is -0.136. The summed E-state index contributed by atoms with van der Waals surface area (Å²) in [7, 11) is 0. The Hall–Kier alpha value is -3.15. The first-order valence-electron chi connectivity index (χ1n) is 8.53. The van der Waals surface area contributed by atoms with Gasteiger partial charge in [0.1, 0.15) is 0 Å². The van der Waals surface area contributed by atoms with Crippen molar-refractivity contribution in [3.8, 4) is 0 Å². The second-order valence-electron chi connectivity index (χ2n) is 6.01. The number of imide groups is 1. The summed E-state index contributed by atoms with van der Waals surface area (Å²) >= 11 is 0. The van der Waals surface area contributed by atoms with E-state index < -0.39 is 17.7 Å². The van der Waals surface area contributed by atoms with Crippen LogP contribution in [0.3, 0.4) is 0 Å². The van der Waals surface area contributed by atoms with E-state index in [1.54, 1.807) is 30.3 Å². The molecule has 0 atom stereocenters. The number of unbranched alkanes of at least 4 members (excludes halogenated alkanes) is 1. The summed E-state index contributed by atoms with van der Waals surface area (Å²) < 4.78 is 0. The number of nitrogen functional groups attached to an aromatic ring is 1. The van der Waals surface area contributed by atoms with Gasteiger partial charge in [0.25, 0.3) is 0 Å². The van der Waals surface area contributed by atoms with E-state index in [4.69, 9.17) is 5.73 Å². The van der Waals surface area contributed by atoms with Gasteiger partial charge in [0.05, 0.1) is 5.69 Å². The van der Waals surface area contributed by atoms with Crippen LogP contribution in [0.15, 0.2) is 48.5 Å². The Morgan fingerprint density at radius 3 is 2.35 bits per heavy atom. The standard InChI is InChI=1S/C20H23N3O3/c1-3-4-6-15-9-11-17(12-10-15)22-19(25)20(26)23(14(2)24)18-8-5-7-16(21)13-18/h5,7-13H,3-4,6,21H2,1-2H3,(H,22,25). The summed E-state index contributed by atoms with van der Waals surface area (Å²) in [6.07, 6.45) is 3.17. The topological polar surface area (TPSA) is 92.5 Å². The average Bonchev–Trinajstić information content (AvgIpc) is 2.61. The Bertz CT molecular complexity index is 800. The van der Waals surface area contributed by atoms with Crippen LogP contribution in [0.4, 0.5) is 17.1 Å². The van der Waals surface area contributed by atoms with Crippen LogP contribution < -0.4 is 16.0 Å². The quantitative estimate of drug-likeness (QED) is 0.638. The number of aryl methyl sites for hydroxylation is 1. The highest BCUT2D eigenvalue weighted by Crippen LogP contribution is 2.19. The molecule has 0 spiro atoms. The Kier molecular flexibility index (Phi) is 6.49. The molecule has 0 unspecified atom stereocenters. The maximum Gasteiger partial charge on any atom is 0.323 e. The first-order chi connectivity index (χ1) is 12.4. The summed E-state index contributed by atoms with van der Waals surface area (Å²) in [4.78, 5) is 37.4. The molecule has 3 amide bonds. The number of anilines is 3. The molecular weight excluding hydrogens is 330 g/mol. The number of nitrogens with one attached hydrogen (secondary N) is 1. The monoisotopic (exact) mass is 353 g/mol. The van der Waals surface area contributed by atoms with Crippen molar-refractivity contribution in [1.82, 2.24) is 0 Å². The Labute approximate surface area is 153 Å². The molecule has 0 aliphatic heterocycles. The zero-order valence-electron chi connectivity index (χ0n) is 15.0. The molecular formula is C20H23N3O3. The van der Waals surface area contributed by atoms with Crippen molar-refractivity contribution in [1.29, 1.82) is 0 Å². The number of amides is 3. The molecule has 6 heteroatoms. The van der Waals surface area contributed by atoms with Gasteiger partial charge in [-0.3, -0.25) is 14.4 Å². The summed E-state index contributed by atoms with van der Waals surface area (Å²) in [5.74, 6) is -2.41. The molecule has 0 aliphatic carbocycles. The number of nitrogens with two attached hydrogens (primary N) is 1. The van der Waals surface area contributed by atoms with Gasteiger partial charge in [0.15, 0.2) is 0 Å². The predicted molar refractivity (Wildman–Crippen MR) is 103 cm³/mol. The number of hydrogen-bond donors (Lipinski definition) is 2. The number of rotatable bonds is 5. The third-order valence-electron chi connectivity index (χ3n) is 3.87. The molecule has 0 saturated heterocycles. The molecule has 3 N–H and O–H groups in total. The minimum Gasteiger partial charge on any atom is -0.399 e. The average molecular weight is 353 g/mol. The smallest absolute Gasteiger partial charge is 0.323 e. The van der Waals surface area contributed by atoms with Crippen molar-refractivity contribution in [2.45, 2.75) is 33.1 Å². The van der Waals surface area contributed by atoms with Gasteiger partial charge in [-0.25, -0.2) is 4.90 Å². The lowest BCUT2D eigenvalue weighted by Crippen LogP contribution is -2.42. The summed E-state index contributed by atoms with van der Waals surface area (Å²) in [6, 6.07) is 13.6. The van der Waals surface area contributed by atoms with E-state index in [9.17, 15) is 14.4 Å². The van der Waals surface area contributed by atoms with Crippen molar-refractivity contribution in [3.63, 3.8) is 0 Å². The molecule has 26 heavy (non-hydrogen) atoms. The van der Waals surface area contributed by atoms with Crippen LogP contribution in [-0.4, -0.2) is 17.7 Å². The number of hydrogen-bond acceptors (Lipinski definition) is 4. The number of carbonyl (C=O) groups is 3. The summed E-state index contributed by atoms with van der Waals surface area (Å²) in [6.45, 7) is 3.35. The lowest BCUT2D eigenvalue weighted by Gasteiger charge is -2.19. The van der Waals surface area contributed by atoms with Gasteiger partial charge in [0, 0.05) is 18.3 Å². The van der Waals surface area contributed by atoms with Crippen molar-refractivity contribution < 1.29 is 14.4 Å². The SMILES string of the molecule is CCCCc1ccc(NC(=O)C(=O)N(C(C)=O)c2cccc(N)c2)cc1. The molecule has 6 nitrogen and oxygen atoms in total. The van der Waals surface area contributed by atoms with Crippen LogP contribution in [0.1, 0.15) is 32.3 Å². The Morgan fingerprint density at radius 1 is 1.08 bits per heavy atom. The summed E-state index contributed by atoms with van der Waals surface area (Å²) in [5, 5.41) is 2.53. The predicted octanol–water partition coefficient (Wildman–Crippen LogP) is 3.13. The van der Waals surface area contributed by atoms with Gasteiger partial charge >= 0.3 is 11.8 Å². The molecule has 136 valence electrons. The van der Waals surface area contributed by atoms with E-state index in [2.05, 4.69) is 12.2 Å². The first kappa shape index (κ1) is 19.2. The molecule has 0 bridgehead atoms. The molecule has 0 fully saturated rings. The van der Waals surface area contributed by atoms with Crippen LogP contribution in [0.5, 0.6) is 0 Å². The van der Waals surface area contributed by atoms with E-state index in [-0.39, 0.29) is 5.69 Å². The van der Waals surface area contributed by atoms with Crippen LogP contribution in [-0.2, 0) is 20.8 Å². The second-order valence-corrected chi connectivity index (χ2v) is 6.01. The molecule has 0 aliphatic rings. The largest absolute Gasteiger partial charge is 0.399 e. The fourth-order valence-electron chi connectivity index (χ4n) is 2.53. The summed E-state index contributed by atoms with van der Waals surface area (Å²) in [5.41, 5.74) is 8.01. The fraction of sp³-hybridized carbons (Fsp3) is 0.250. The zero-order valence-corrected chi connectivity index (χ0v) is 15.0. The van der Waals surface area contributed by atoms with Gasteiger partial charge < -0.3 is 11.1 Å². The van der Waals surface area contributed by atoms with E-state index in [0.29, 0.717) is 11.4 Å². The highest BCUT2D eigenvalue weighted by atomic mass is 16.2. The van der Waals surface area contributed by atoms with Gasteiger partial charge in [0.2, 0.25) is 5.91 Å². The third kappa shape index (κ3) is 4.92.